The van der Waals surface area contributed by atoms with E-state index in [9.17, 15) is 14.9 Å². The third-order valence-corrected chi connectivity index (χ3v) is 2.88. The van der Waals surface area contributed by atoms with Gasteiger partial charge in [-0.15, -0.1) is 0 Å². The van der Waals surface area contributed by atoms with Crippen molar-refractivity contribution in [1.29, 1.82) is 0 Å². The number of Topliss-reactive ketones (excluding diaryl/α,β-unsaturated/α-hetero) is 1. The highest BCUT2D eigenvalue weighted by molar-refractivity contribution is 6.09. The summed E-state index contributed by atoms with van der Waals surface area (Å²) in [7, 11) is 1.53. The quantitative estimate of drug-likeness (QED) is 0.366. The number of benzene rings is 2. The van der Waals surface area contributed by atoms with Gasteiger partial charge in [-0.1, -0.05) is 42.5 Å². The standard InChI is InChI=1S/C16H13NO4/c1-21-14-9-7-12(8-10-14)11-15(17(19)20)16(18)13-5-3-2-4-6-13/h2-11H,1H3/b15-11-. The van der Waals surface area contributed by atoms with Crippen LogP contribution in [0.25, 0.3) is 6.08 Å². The van der Waals surface area contributed by atoms with Crippen LogP contribution in [0.15, 0.2) is 60.3 Å². The molecule has 5 heteroatoms. The molecule has 0 saturated carbocycles. The predicted octanol–water partition coefficient (Wildman–Crippen LogP) is 3.20. The lowest BCUT2D eigenvalue weighted by Gasteiger charge is -2.01. The Hall–Kier alpha value is -2.95. The predicted molar refractivity (Wildman–Crippen MR) is 78.7 cm³/mol. The highest BCUT2D eigenvalue weighted by Gasteiger charge is 2.23. The Labute approximate surface area is 121 Å². The van der Waals surface area contributed by atoms with Crippen LogP contribution in [0.4, 0.5) is 0 Å². The third kappa shape index (κ3) is 3.54. The van der Waals surface area contributed by atoms with Gasteiger partial charge in [0.2, 0.25) is 0 Å². The summed E-state index contributed by atoms with van der Waals surface area (Å²) in [4.78, 5) is 22.6. The van der Waals surface area contributed by atoms with E-state index in [-0.39, 0.29) is 5.56 Å². The minimum Gasteiger partial charge on any atom is -0.497 e. The molecule has 0 heterocycles. The Morgan fingerprint density at radius 1 is 1.10 bits per heavy atom. The fraction of sp³-hybridized carbons (Fsp3) is 0.0625. The monoisotopic (exact) mass is 283 g/mol. The molecule has 0 aliphatic carbocycles. The Bertz CT molecular complexity index is 675. The summed E-state index contributed by atoms with van der Waals surface area (Å²) in [5.74, 6) is 0.0283. The zero-order valence-corrected chi connectivity index (χ0v) is 11.4. The van der Waals surface area contributed by atoms with E-state index in [4.69, 9.17) is 4.74 Å². The summed E-state index contributed by atoms with van der Waals surface area (Å²) in [5, 5.41) is 11.1. The van der Waals surface area contributed by atoms with Crippen molar-refractivity contribution in [3.05, 3.63) is 81.5 Å². The molecule has 2 rings (SSSR count). The maximum atomic E-state index is 12.2. The highest BCUT2D eigenvalue weighted by Crippen LogP contribution is 2.16. The smallest absolute Gasteiger partial charge is 0.317 e. The summed E-state index contributed by atoms with van der Waals surface area (Å²) < 4.78 is 5.02. The van der Waals surface area contributed by atoms with Gasteiger partial charge in [-0.2, -0.15) is 0 Å². The Kier molecular flexibility index (Phi) is 4.46. The molecule has 0 unspecified atom stereocenters. The molecule has 21 heavy (non-hydrogen) atoms. The van der Waals surface area contributed by atoms with Gasteiger partial charge >= 0.3 is 5.70 Å². The number of hydrogen-bond acceptors (Lipinski definition) is 4. The molecule has 0 fully saturated rings. The highest BCUT2D eigenvalue weighted by atomic mass is 16.6. The number of ketones is 1. The molecule has 106 valence electrons. The van der Waals surface area contributed by atoms with Crippen LogP contribution < -0.4 is 4.74 Å². The number of ether oxygens (including phenoxy) is 1. The average Bonchev–Trinajstić information content (AvgIpc) is 2.53. The molecule has 2 aromatic rings. The topological polar surface area (TPSA) is 69.4 Å². The van der Waals surface area contributed by atoms with Crippen molar-refractivity contribution in [1.82, 2.24) is 0 Å². The fourth-order valence-corrected chi connectivity index (χ4v) is 1.80. The van der Waals surface area contributed by atoms with Gasteiger partial charge in [-0.3, -0.25) is 14.9 Å². The van der Waals surface area contributed by atoms with Crippen molar-refractivity contribution < 1.29 is 14.5 Å². The average molecular weight is 283 g/mol. The maximum Gasteiger partial charge on any atom is 0.317 e. The number of allylic oxidation sites excluding steroid dienone is 1. The largest absolute Gasteiger partial charge is 0.497 e. The van der Waals surface area contributed by atoms with Crippen LogP contribution in [-0.4, -0.2) is 17.8 Å². The first-order valence-corrected chi connectivity index (χ1v) is 6.21. The summed E-state index contributed by atoms with van der Waals surface area (Å²) in [6.45, 7) is 0. The third-order valence-electron chi connectivity index (χ3n) is 2.88. The molecule has 0 spiro atoms. The van der Waals surface area contributed by atoms with Crippen LogP contribution in [0.2, 0.25) is 0 Å². The van der Waals surface area contributed by atoms with E-state index in [1.54, 1.807) is 54.6 Å². The van der Waals surface area contributed by atoms with E-state index in [1.165, 1.54) is 13.2 Å². The number of nitrogens with zero attached hydrogens (tertiary/aromatic N) is 1. The molecule has 0 aliphatic rings. The molecule has 0 N–H and O–H groups in total. The Morgan fingerprint density at radius 3 is 2.24 bits per heavy atom. The van der Waals surface area contributed by atoms with Gasteiger partial charge in [-0.25, -0.2) is 0 Å². The molecule has 5 nitrogen and oxygen atoms in total. The van der Waals surface area contributed by atoms with Crippen LogP contribution in [-0.2, 0) is 0 Å². The first kappa shape index (κ1) is 14.5. The van der Waals surface area contributed by atoms with E-state index in [2.05, 4.69) is 0 Å². The van der Waals surface area contributed by atoms with E-state index in [0.29, 0.717) is 11.3 Å². The van der Waals surface area contributed by atoms with Crippen molar-refractivity contribution >= 4 is 11.9 Å². The summed E-state index contributed by atoms with van der Waals surface area (Å²) in [6.07, 6.45) is 1.26. The number of carbonyl (C=O) groups is 1. The summed E-state index contributed by atoms with van der Waals surface area (Å²) in [5.41, 5.74) is 0.382. The van der Waals surface area contributed by atoms with E-state index < -0.39 is 16.4 Å². The summed E-state index contributed by atoms with van der Waals surface area (Å²) in [6, 6.07) is 14.8. The second-order valence-electron chi connectivity index (χ2n) is 4.25. The molecule has 0 aliphatic heterocycles. The lowest BCUT2D eigenvalue weighted by atomic mass is 10.1. The van der Waals surface area contributed by atoms with Gasteiger partial charge in [0.25, 0.3) is 5.78 Å². The number of carbonyl (C=O) groups excluding carboxylic acids is 1. The van der Waals surface area contributed by atoms with Crippen molar-refractivity contribution in [2.24, 2.45) is 0 Å². The number of nitro groups is 1. The zero-order chi connectivity index (χ0) is 15.2. The van der Waals surface area contributed by atoms with Crippen LogP contribution in [0.1, 0.15) is 15.9 Å². The van der Waals surface area contributed by atoms with Gasteiger partial charge in [0, 0.05) is 11.6 Å². The molecular weight excluding hydrogens is 270 g/mol. The molecular formula is C16H13NO4. The van der Waals surface area contributed by atoms with Gasteiger partial charge in [0.05, 0.1) is 12.0 Å². The van der Waals surface area contributed by atoms with Crippen LogP contribution in [0.3, 0.4) is 0 Å². The first-order valence-electron chi connectivity index (χ1n) is 6.21. The molecule has 2 aromatic carbocycles. The Balaban J connectivity index is 2.36. The van der Waals surface area contributed by atoms with Gasteiger partial charge in [0.15, 0.2) is 0 Å². The fourth-order valence-electron chi connectivity index (χ4n) is 1.80. The number of hydrogen-bond donors (Lipinski definition) is 0. The molecule has 0 amide bonds. The first-order chi connectivity index (χ1) is 10.1. The van der Waals surface area contributed by atoms with Gasteiger partial charge in [0.1, 0.15) is 5.75 Å². The molecule has 0 radical (unpaired) electrons. The zero-order valence-electron chi connectivity index (χ0n) is 11.4. The maximum absolute atomic E-state index is 12.2. The normalized spacial score (nSPS) is 11.0. The second-order valence-corrected chi connectivity index (χ2v) is 4.25. The van der Waals surface area contributed by atoms with Crippen LogP contribution >= 0.6 is 0 Å². The van der Waals surface area contributed by atoms with Crippen LogP contribution in [0, 0.1) is 10.1 Å². The van der Waals surface area contributed by atoms with Crippen molar-refractivity contribution in [3.63, 3.8) is 0 Å². The minimum absolute atomic E-state index is 0.286. The van der Waals surface area contributed by atoms with Crippen LogP contribution in [0.5, 0.6) is 5.75 Å². The van der Waals surface area contributed by atoms with E-state index >= 15 is 0 Å². The van der Waals surface area contributed by atoms with Gasteiger partial charge in [-0.05, 0) is 17.7 Å². The molecule has 0 atom stereocenters. The van der Waals surface area contributed by atoms with Crippen molar-refractivity contribution in [2.45, 2.75) is 0 Å². The molecule has 0 aromatic heterocycles. The lowest BCUT2D eigenvalue weighted by Crippen LogP contribution is -2.11. The van der Waals surface area contributed by atoms with Crippen molar-refractivity contribution in [3.8, 4) is 5.75 Å². The molecule has 0 bridgehead atoms. The van der Waals surface area contributed by atoms with Gasteiger partial charge < -0.3 is 4.74 Å². The summed E-state index contributed by atoms with van der Waals surface area (Å²) >= 11 is 0. The Morgan fingerprint density at radius 2 is 1.71 bits per heavy atom. The second kappa shape index (κ2) is 6.47. The number of rotatable bonds is 5. The molecule has 0 saturated heterocycles. The minimum atomic E-state index is -0.667. The SMILES string of the molecule is COc1ccc(/C=C(/C(=O)c2ccccc2)[N+](=O)[O-])cc1. The van der Waals surface area contributed by atoms with Crippen molar-refractivity contribution in [2.75, 3.05) is 7.11 Å². The number of methoxy groups -OCH3 is 1. The van der Waals surface area contributed by atoms with E-state index in [1.807, 2.05) is 0 Å². The van der Waals surface area contributed by atoms with E-state index in [0.717, 1.165) is 0 Å². The lowest BCUT2D eigenvalue weighted by molar-refractivity contribution is -0.415.